The van der Waals surface area contributed by atoms with Gasteiger partial charge in [-0.1, -0.05) is 5.16 Å². The second-order valence-corrected chi connectivity index (χ2v) is 4.36. The highest BCUT2D eigenvalue weighted by atomic mass is 16.5. The van der Waals surface area contributed by atoms with Crippen molar-refractivity contribution in [3.8, 4) is 0 Å². The number of hydrogen-bond donors (Lipinski definition) is 1. The zero-order valence-corrected chi connectivity index (χ0v) is 9.48. The molecule has 0 atom stereocenters. The number of nitrogens with two attached hydrogens (primary N) is 1. The SMILES string of the molecule is Cc1oncc1CN1CCC(C(N)=O)CC1. The molecule has 1 aromatic heterocycles. The smallest absolute Gasteiger partial charge is 0.220 e. The Morgan fingerprint density at radius 3 is 2.81 bits per heavy atom. The van der Waals surface area contributed by atoms with Crippen LogP contribution >= 0.6 is 0 Å². The number of likely N-dealkylation sites (tertiary alicyclic amines) is 1. The Bertz CT molecular complexity index is 367. The summed E-state index contributed by atoms with van der Waals surface area (Å²) in [5, 5.41) is 3.75. The summed E-state index contributed by atoms with van der Waals surface area (Å²) in [5.41, 5.74) is 6.41. The van der Waals surface area contributed by atoms with Gasteiger partial charge in [0.2, 0.25) is 5.91 Å². The van der Waals surface area contributed by atoms with Crippen LogP contribution in [0.1, 0.15) is 24.2 Å². The molecule has 0 spiro atoms. The van der Waals surface area contributed by atoms with Crippen LogP contribution in [0.5, 0.6) is 0 Å². The molecule has 2 heterocycles. The molecule has 0 bridgehead atoms. The van der Waals surface area contributed by atoms with Crippen molar-refractivity contribution in [1.82, 2.24) is 10.1 Å². The maximum absolute atomic E-state index is 11.0. The first-order valence-electron chi connectivity index (χ1n) is 5.58. The Kier molecular flexibility index (Phi) is 3.24. The van der Waals surface area contributed by atoms with Crippen molar-refractivity contribution in [2.75, 3.05) is 13.1 Å². The Morgan fingerprint density at radius 2 is 2.31 bits per heavy atom. The lowest BCUT2D eigenvalue weighted by Gasteiger charge is -2.30. The molecule has 2 N–H and O–H groups in total. The van der Waals surface area contributed by atoms with Crippen molar-refractivity contribution >= 4 is 5.91 Å². The highest BCUT2D eigenvalue weighted by molar-refractivity contribution is 5.76. The van der Waals surface area contributed by atoms with Crippen molar-refractivity contribution in [1.29, 1.82) is 0 Å². The van der Waals surface area contributed by atoms with E-state index >= 15 is 0 Å². The molecule has 1 aliphatic heterocycles. The molecule has 0 aromatic carbocycles. The molecule has 1 fully saturated rings. The van der Waals surface area contributed by atoms with E-state index in [1.165, 1.54) is 0 Å². The van der Waals surface area contributed by atoms with Crippen LogP contribution in [0.15, 0.2) is 10.7 Å². The quantitative estimate of drug-likeness (QED) is 0.818. The summed E-state index contributed by atoms with van der Waals surface area (Å²) < 4.78 is 5.01. The van der Waals surface area contributed by atoms with Crippen molar-refractivity contribution < 1.29 is 9.32 Å². The summed E-state index contributed by atoms with van der Waals surface area (Å²) in [6.07, 6.45) is 3.48. The zero-order valence-electron chi connectivity index (χ0n) is 9.48. The highest BCUT2D eigenvalue weighted by Crippen LogP contribution is 2.19. The molecular formula is C11H17N3O2. The first-order valence-corrected chi connectivity index (χ1v) is 5.58. The second kappa shape index (κ2) is 4.65. The van der Waals surface area contributed by atoms with Crippen LogP contribution < -0.4 is 5.73 Å². The lowest BCUT2D eigenvalue weighted by atomic mass is 9.96. The average molecular weight is 223 g/mol. The number of rotatable bonds is 3. The van der Waals surface area contributed by atoms with Crippen LogP contribution in [0, 0.1) is 12.8 Å². The summed E-state index contributed by atoms with van der Waals surface area (Å²) in [5.74, 6) is 0.762. The van der Waals surface area contributed by atoms with Crippen molar-refractivity contribution in [2.24, 2.45) is 11.7 Å². The number of aromatic nitrogens is 1. The molecule has 2 rings (SSSR count). The van der Waals surface area contributed by atoms with Crippen LogP contribution in [-0.4, -0.2) is 29.1 Å². The van der Waals surface area contributed by atoms with Gasteiger partial charge in [0, 0.05) is 18.0 Å². The van der Waals surface area contributed by atoms with Crippen molar-refractivity contribution in [2.45, 2.75) is 26.3 Å². The molecule has 16 heavy (non-hydrogen) atoms. The van der Waals surface area contributed by atoms with Crippen LogP contribution in [0.3, 0.4) is 0 Å². The number of hydrogen-bond acceptors (Lipinski definition) is 4. The fraction of sp³-hybridized carbons (Fsp3) is 0.636. The first kappa shape index (κ1) is 11.1. The third-order valence-electron chi connectivity index (χ3n) is 3.23. The van der Waals surface area contributed by atoms with Gasteiger partial charge in [-0.25, -0.2) is 0 Å². The van der Waals surface area contributed by atoms with Gasteiger partial charge in [0.25, 0.3) is 0 Å². The fourth-order valence-corrected chi connectivity index (χ4v) is 2.09. The maximum atomic E-state index is 11.0. The predicted octanol–water partition coefficient (Wildman–Crippen LogP) is 0.680. The molecule has 0 unspecified atom stereocenters. The topological polar surface area (TPSA) is 72.4 Å². The van der Waals surface area contributed by atoms with E-state index in [-0.39, 0.29) is 11.8 Å². The average Bonchev–Trinajstić information content (AvgIpc) is 2.65. The zero-order chi connectivity index (χ0) is 11.5. The van der Waals surface area contributed by atoms with Gasteiger partial charge in [-0.05, 0) is 32.9 Å². The molecular weight excluding hydrogens is 206 g/mol. The van der Waals surface area contributed by atoms with E-state index in [1.807, 2.05) is 6.92 Å². The number of carbonyl (C=O) groups excluding carboxylic acids is 1. The van der Waals surface area contributed by atoms with Gasteiger partial charge in [-0.2, -0.15) is 0 Å². The summed E-state index contributed by atoms with van der Waals surface area (Å²) in [7, 11) is 0. The molecule has 1 amide bonds. The Morgan fingerprint density at radius 1 is 1.62 bits per heavy atom. The van der Waals surface area contributed by atoms with E-state index in [0.29, 0.717) is 0 Å². The second-order valence-electron chi connectivity index (χ2n) is 4.36. The number of amides is 1. The summed E-state index contributed by atoms with van der Waals surface area (Å²) in [6.45, 7) is 4.59. The molecule has 5 nitrogen and oxygen atoms in total. The number of piperidine rings is 1. The molecule has 1 aromatic rings. The van der Waals surface area contributed by atoms with Crippen molar-refractivity contribution in [3.05, 3.63) is 17.5 Å². The minimum absolute atomic E-state index is 0.0554. The minimum atomic E-state index is -0.166. The van der Waals surface area contributed by atoms with E-state index < -0.39 is 0 Å². The molecule has 5 heteroatoms. The first-order chi connectivity index (χ1) is 7.66. The Hall–Kier alpha value is -1.36. The van der Waals surface area contributed by atoms with E-state index in [2.05, 4.69) is 10.1 Å². The van der Waals surface area contributed by atoms with E-state index in [4.69, 9.17) is 10.3 Å². The number of aryl methyl sites for hydroxylation is 1. The monoisotopic (exact) mass is 223 g/mol. The van der Waals surface area contributed by atoms with Crippen LogP contribution in [0.2, 0.25) is 0 Å². The van der Waals surface area contributed by atoms with Gasteiger partial charge in [0.1, 0.15) is 5.76 Å². The number of nitrogens with zero attached hydrogens (tertiary/aromatic N) is 2. The largest absolute Gasteiger partial charge is 0.369 e. The standard InChI is InChI=1S/C11H17N3O2/c1-8-10(6-13-16-8)7-14-4-2-9(3-5-14)11(12)15/h6,9H,2-5,7H2,1H3,(H2,12,15). The molecule has 1 aliphatic rings. The summed E-state index contributed by atoms with van der Waals surface area (Å²) >= 11 is 0. The van der Waals surface area contributed by atoms with Gasteiger partial charge >= 0.3 is 0 Å². The maximum Gasteiger partial charge on any atom is 0.220 e. The molecule has 0 radical (unpaired) electrons. The van der Waals surface area contributed by atoms with Gasteiger partial charge < -0.3 is 10.3 Å². The summed E-state index contributed by atoms with van der Waals surface area (Å²) in [4.78, 5) is 13.3. The van der Waals surface area contributed by atoms with E-state index in [9.17, 15) is 4.79 Å². The summed E-state index contributed by atoms with van der Waals surface area (Å²) in [6, 6.07) is 0. The van der Waals surface area contributed by atoms with Crippen LogP contribution in [-0.2, 0) is 11.3 Å². The predicted molar refractivity (Wildman–Crippen MR) is 58.4 cm³/mol. The number of carbonyl (C=O) groups is 1. The molecule has 1 saturated heterocycles. The molecule has 0 saturated carbocycles. The Balaban J connectivity index is 1.86. The highest BCUT2D eigenvalue weighted by Gasteiger charge is 2.23. The van der Waals surface area contributed by atoms with Gasteiger partial charge in [0.05, 0.1) is 6.20 Å². The fourth-order valence-electron chi connectivity index (χ4n) is 2.09. The van der Waals surface area contributed by atoms with E-state index in [0.717, 1.165) is 43.8 Å². The van der Waals surface area contributed by atoms with Crippen molar-refractivity contribution in [3.63, 3.8) is 0 Å². The van der Waals surface area contributed by atoms with Crippen LogP contribution in [0.25, 0.3) is 0 Å². The third kappa shape index (κ3) is 2.41. The minimum Gasteiger partial charge on any atom is -0.369 e. The van der Waals surface area contributed by atoms with E-state index in [1.54, 1.807) is 6.20 Å². The van der Waals surface area contributed by atoms with Gasteiger partial charge in [0.15, 0.2) is 0 Å². The molecule has 88 valence electrons. The third-order valence-corrected chi connectivity index (χ3v) is 3.23. The lowest BCUT2D eigenvalue weighted by Crippen LogP contribution is -2.38. The Labute approximate surface area is 94.6 Å². The van der Waals surface area contributed by atoms with Gasteiger partial charge in [-0.3, -0.25) is 9.69 Å². The molecule has 0 aliphatic carbocycles. The van der Waals surface area contributed by atoms with Gasteiger partial charge in [-0.15, -0.1) is 0 Å². The normalized spacial score (nSPS) is 18.8. The van der Waals surface area contributed by atoms with Crippen LogP contribution in [0.4, 0.5) is 0 Å². The lowest BCUT2D eigenvalue weighted by molar-refractivity contribution is -0.123. The number of primary amides is 1.